The predicted octanol–water partition coefficient (Wildman–Crippen LogP) is 7.24. The Bertz CT molecular complexity index is 2460. The smallest absolute Gasteiger partial charge is 0.407 e. The van der Waals surface area contributed by atoms with Gasteiger partial charge in [0.2, 0.25) is 11.8 Å². The average molecular weight is 803 g/mol. The van der Waals surface area contributed by atoms with Crippen LogP contribution in [0, 0.1) is 23.7 Å². The topological polar surface area (TPSA) is 186 Å². The molecule has 308 valence electrons. The Kier molecular flexibility index (Phi) is 9.51. The fourth-order valence-electron chi connectivity index (χ4n) is 9.54. The zero-order chi connectivity index (χ0) is 41.4. The molecular weight excluding hydrogens is 753 g/mol. The molecule has 0 bridgehead atoms. The molecule has 5 aromatic rings. The Morgan fingerprint density at radius 3 is 2.05 bits per heavy atom. The number of likely N-dealkylation sites (N-methyl/N-ethyl adjacent to an activating group) is 1. The molecule has 4 heterocycles. The first-order valence-electron chi connectivity index (χ1n) is 20.5. The van der Waals surface area contributed by atoms with Crippen LogP contribution in [0.15, 0.2) is 60.7 Å². The fraction of sp³-hybridized carbons (Fsp3) is 0.455. The van der Waals surface area contributed by atoms with Gasteiger partial charge in [0.25, 0.3) is 0 Å². The molecule has 4 amide bonds. The van der Waals surface area contributed by atoms with Crippen molar-refractivity contribution in [2.24, 2.45) is 23.7 Å². The van der Waals surface area contributed by atoms with Crippen molar-refractivity contribution in [3.63, 3.8) is 0 Å². The summed E-state index contributed by atoms with van der Waals surface area (Å²) in [6.45, 7) is 7.58. The number of nitrogens with one attached hydrogen (secondary N) is 3. The van der Waals surface area contributed by atoms with Crippen molar-refractivity contribution in [3.05, 3.63) is 72.3 Å². The number of nitrogens with zero attached hydrogens (tertiary/aromatic N) is 5. The third kappa shape index (κ3) is 6.89. The minimum atomic E-state index is -1.13. The maximum Gasteiger partial charge on any atom is 0.407 e. The monoisotopic (exact) mass is 802 g/mol. The van der Waals surface area contributed by atoms with Gasteiger partial charge in [-0.25, -0.2) is 19.6 Å². The number of amides is 4. The average Bonchev–Trinajstić information content (AvgIpc) is 3.86. The Morgan fingerprint density at radius 2 is 1.42 bits per heavy atom. The molecule has 0 spiro atoms. The summed E-state index contributed by atoms with van der Waals surface area (Å²) in [5, 5.41) is 12.5. The number of methoxy groups -OCH3 is 1. The largest absolute Gasteiger partial charge is 0.465 e. The number of aromatic nitrogens is 4. The van der Waals surface area contributed by atoms with Gasteiger partial charge in [-0.15, -0.1) is 0 Å². The van der Waals surface area contributed by atoms with Crippen molar-refractivity contribution in [1.82, 2.24) is 40.0 Å². The number of para-hydroxylation sites is 1. The minimum absolute atomic E-state index is 0.0918. The van der Waals surface area contributed by atoms with Gasteiger partial charge in [-0.05, 0) is 96.9 Å². The van der Waals surface area contributed by atoms with E-state index in [4.69, 9.17) is 19.4 Å². The van der Waals surface area contributed by atoms with Crippen molar-refractivity contribution >= 4 is 46.1 Å². The second kappa shape index (κ2) is 14.6. The van der Waals surface area contributed by atoms with Crippen LogP contribution in [0.3, 0.4) is 0 Å². The fourth-order valence-corrected chi connectivity index (χ4v) is 9.54. The van der Waals surface area contributed by atoms with Crippen LogP contribution in [0.1, 0.15) is 77.1 Å². The molecule has 2 aliphatic heterocycles. The van der Waals surface area contributed by atoms with E-state index >= 15 is 0 Å². The molecule has 15 heteroatoms. The number of carboxylic acid groups (broad SMARTS) is 1. The Hall–Kier alpha value is -6.12. The number of hydrogen-bond acceptors (Lipinski definition) is 8. The molecule has 8 atom stereocenters. The minimum Gasteiger partial charge on any atom is -0.465 e. The highest BCUT2D eigenvalue weighted by Gasteiger charge is 2.57. The first-order chi connectivity index (χ1) is 28.3. The Morgan fingerprint density at radius 1 is 0.797 bits per heavy atom. The molecule has 2 saturated carbocycles. The zero-order valence-corrected chi connectivity index (χ0v) is 34.0. The van der Waals surface area contributed by atoms with E-state index in [0.717, 1.165) is 64.1 Å². The highest BCUT2D eigenvalue weighted by atomic mass is 16.5. The maximum atomic E-state index is 14.0. The number of likely N-dealkylation sites (tertiary alicyclic amines) is 2. The van der Waals surface area contributed by atoms with Crippen LogP contribution in [0.5, 0.6) is 11.5 Å². The quantitative estimate of drug-likeness (QED) is 0.107. The number of benzene rings is 3. The number of H-pyrrole nitrogens is 2. The summed E-state index contributed by atoms with van der Waals surface area (Å²) in [5.41, 5.74) is 5.10. The lowest BCUT2D eigenvalue weighted by Crippen LogP contribution is -2.52. The summed E-state index contributed by atoms with van der Waals surface area (Å²) in [6.07, 6.45) is 1.73. The van der Waals surface area contributed by atoms with Crippen LogP contribution in [0.2, 0.25) is 0 Å². The number of carbonyl (C=O) groups is 4. The van der Waals surface area contributed by atoms with Crippen molar-refractivity contribution in [2.45, 2.75) is 89.6 Å². The lowest BCUT2D eigenvalue weighted by Gasteiger charge is -2.35. The second-order valence-electron chi connectivity index (χ2n) is 17.3. The molecule has 2 aliphatic carbocycles. The summed E-state index contributed by atoms with van der Waals surface area (Å²) in [6, 6.07) is 17.9. The van der Waals surface area contributed by atoms with Gasteiger partial charge in [-0.1, -0.05) is 52.0 Å². The van der Waals surface area contributed by atoms with E-state index < -0.39 is 24.3 Å². The number of fused-ring (bicyclic) bond motifs is 4. The van der Waals surface area contributed by atoms with Crippen LogP contribution in [-0.4, -0.2) is 102 Å². The lowest BCUT2D eigenvalue weighted by atomic mass is 10.0. The zero-order valence-electron chi connectivity index (χ0n) is 34.0. The van der Waals surface area contributed by atoms with Gasteiger partial charge in [0.05, 0.1) is 35.7 Å². The van der Waals surface area contributed by atoms with Crippen LogP contribution in [-0.2, 0) is 14.3 Å². The number of aromatic amines is 2. The second-order valence-corrected chi connectivity index (χ2v) is 17.3. The number of imidazole rings is 2. The lowest BCUT2D eigenvalue weighted by molar-refractivity contribution is -0.140. The number of ether oxygens (including phenoxy) is 2. The van der Waals surface area contributed by atoms with Crippen molar-refractivity contribution in [3.8, 4) is 22.6 Å². The molecule has 2 aromatic heterocycles. The van der Waals surface area contributed by atoms with Gasteiger partial charge in [-0.2, -0.15) is 0 Å². The van der Waals surface area contributed by atoms with E-state index in [-0.39, 0.29) is 47.8 Å². The summed E-state index contributed by atoms with van der Waals surface area (Å²) in [5.74, 6) is 2.84. The van der Waals surface area contributed by atoms with Crippen molar-refractivity contribution < 1.29 is 33.8 Å². The Balaban J connectivity index is 0.914. The predicted molar refractivity (Wildman–Crippen MR) is 218 cm³/mol. The molecule has 9 rings (SSSR count). The summed E-state index contributed by atoms with van der Waals surface area (Å²) in [7, 11) is 2.76. The standard InChI is InChI=1S/C44H50N8O7/c1-21(2)36(49-43(55)58-6)41(53)51-31-17-25(31)19-33(51)39-45-28-15-12-24(16-30(28)47-39)23-10-13-27(14-11-23)59-35-9-7-8-29-37(35)48-40(46-29)34-20-26-18-32(26)52(34)42(54)38(22(3)4)50(5)44(56)57/h7-16,21-22,25-26,31-34,36,38H,17-20H2,1-6H3,(H,45,47)(H,46,48)(H,49,55)(H,56,57)/t25-,26-,31-,32-,33+,34+,36+,38+/m1/s1. The van der Waals surface area contributed by atoms with Crippen LogP contribution in [0.25, 0.3) is 33.2 Å². The molecule has 4 fully saturated rings. The van der Waals surface area contributed by atoms with Gasteiger partial charge in [-0.3, -0.25) is 14.5 Å². The van der Waals surface area contributed by atoms with Gasteiger partial charge in [0, 0.05) is 19.1 Å². The van der Waals surface area contributed by atoms with Crippen LogP contribution < -0.4 is 10.1 Å². The van der Waals surface area contributed by atoms with E-state index in [0.29, 0.717) is 34.7 Å². The molecule has 0 radical (unpaired) electrons. The van der Waals surface area contributed by atoms with E-state index in [2.05, 4.69) is 21.4 Å². The van der Waals surface area contributed by atoms with E-state index in [9.17, 15) is 24.3 Å². The van der Waals surface area contributed by atoms with Crippen molar-refractivity contribution in [1.29, 1.82) is 0 Å². The van der Waals surface area contributed by atoms with Crippen molar-refractivity contribution in [2.75, 3.05) is 14.2 Å². The normalized spacial score (nSPS) is 23.9. The van der Waals surface area contributed by atoms with Gasteiger partial charge < -0.3 is 39.7 Å². The van der Waals surface area contributed by atoms with Crippen LogP contribution in [0.4, 0.5) is 9.59 Å². The third-order valence-corrected chi connectivity index (χ3v) is 12.8. The first kappa shape index (κ1) is 38.4. The summed E-state index contributed by atoms with van der Waals surface area (Å²) in [4.78, 5) is 73.6. The highest BCUT2D eigenvalue weighted by Crippen LogP contribution is 2.55. The number of alkyl carbamates (subject to hydrolysis) is 1. The highest BCUT2D eigenvalue weighted by molar-refractivity contribution is 5.89. The SMILES string of the molecule is COC(=O)N[C@H](C(=O)N1[C@@H]2C[C@@H]2C[C@H]1c1nc2ccc(-c3ccc(Oc4cccc5[nH]c([C@@H]6C[C@H]7C[C@H]7N6C(=O)[C@H](C(C)C)N(C)C(=O)O)nc45)cc3)cc2[nH]1)C(C)C. The molecule has 3 aromatic carbocycles. The number of piperidine rings is 2. The van der Waals surface area contributed by atoms with Gasteiger partial charge >= 0.3 is 12.2 Å². The van der Waals surface area contributed by atoms with E-state index in [1.54, 1.807) is 0 Å². The molecule has 59 heavy (non-hydrogen) atoms. The summed E-state index contributed by atoms with van der Waals surface area (Å²) >= 11 is 0. The number of hydrogen-bond donors (Lipinski definition) is 4. The number of carbonyl (C=O) groups excluding carboxylic acids is 3. The molecular formula is C44H50N8O7. The molecule has 0 unspecified atom stereocenters. The molecule has 15 nitrogen and oxygen atoms in total. The van der Waals surface area contributed by atoms with Gasteiger partial charge in [0.1, 0.15) is 35.0 Å². The van der Waals surface area contributed by atoms with Gasteiger partial charge in [0.15, 0.2) is 5.75 Å². The number of rotatable bonds is 11. The van der Waals surface area contributed by atoms with Crippen LogP contribution >= 0.6 is 0 Å². The molecule has 4 aliphatic rings. The summed E-state index contributed by atoms with van der Waals surface area (Å²) < 4.78 is 11.2. The molecule has 4 N–H and O–H groups in total. The third-order valence-electron chi connectivity index (χ3n) is 12.8. The first-order valence-corrected chi connectivity index (χ1v) is 20.5. The van der Waals surface area contributed by atoms with E-state index in [1.165, 1.54) is 14.2 Å². The maximum absolute atomic E-state index is 14.0. The Labute approximate surface area is 341 Å². The van der Waals surface area contributed by atoms with E-state index in [1.807, 2.05) is 92.1 Å². The molecule has 2 saturated heterocycles.